The van der Waals surface area contributed by atoms with E-state index >= 15 is 0 Å². The van der Waals surface area contributed by atoms with Gasteiger partial charge in [-0.05, 0) is 84.4 Å². The summed E-state index contributed by atoms with van der Waals surface area (Å²) < 4.78 is 5.36. The molecule has 0 aromatic heterocycles. The second-order valence-corrected chi connectivity index (χ2v) is 11.1. The van der Waals surface area contributed by atoms with Crippen molar-refractivity contribution in [1.82, 2.24) is 15.5 Å². The molecule has 1 rings (SSSR count). The predicted molar refractivity (Wildman–Crippen MR) is 135 cm³/mol. The van der Waals surface area contributed by atoms with E-state index in [1.807, 2.05) is 66.7 Å². The molecule has 2 N–H and O–H groups in total. The molecule has 0 radical (unpaired) electrons. The lowest BCUT2D eigenvalue weighted by Gasteiger charge is -2.34. The largest absolute Gasteiger partial charge is 0.444 e. The van der Waals surface area contributed by atoms with Crippen LogP contribution in [-0.2, 0) is 14.3 Å². The average molecular weight is 472 g/mol. The van der Waals surface area contributed by atoms with Gasteiger partial charge in [0, 0.05) is 11.6 Å². The van der Waals surface area contributed by atoms with Crippen molar-refractivity contribution in [3.63, 3.8) is 0 Å². The molecule has 0 bridgehead atoms. The van der Waals surface area contributed by atoms with Crippen molar-refractivity contribution in [2.75, 3.05) is 0 Å². The first-order chi connectivity index (χ1) is 15.5. The lowest BCUT2D eigenvalue weighted by atomic mass is 9.92. The summed E-state index contributed by atoms with van der Waals surface area (Å²) in [6.07, 6.45) is 5.46. The number of rotatable bonds is 7. The Morgan fingerprint density at radius 1 is 1.06 bits per heavy atom. The van der Waals surface area contributed by atoms with Crippen LogP contribution >= 0.6 is 0 Å². The van der Waals surface area contributed by atoms with Crippen molar-refractivity contribution in [2.45, 2.75) is 98.9 Å². The Morgan fingerprint density at radius 3 is 2.00 bits per heavy atom. The number of terminal acetylenes is 1. The molecule has 2 unspecified atom stereocenters. The number of nitrogens with zero attached hydrogens (tertiary/aromatic N) is 1. The molecule has 0 aliphatic rings. The van der Waals surface area contributed by atoms with Crippen molar-refractivity contribution in [3.05, 3.63) is 34.9 Å². The maximum atomic E-state index is 13.8. The van der Waals surface area contributed by atoms with Gasteiger partial charge in [-0.15, -0.1) is 0 Å². The van der Waals surface area contributed by atoms with Gasteiger partial charge < -0.3 is 15.4 Å². The quantitative estimate of drug-likeness (QED) is 0.449. The minimum atomic E-state index is -1.06. The van der Waals surface area contributed by atoms with E-state index in [1.165, 1.54) is 0 Å². The second-order valence-electron chi connectivity index (χ2n) is 11.1. The van der Waals surface area contributed by atoms with Crippen molar-refractivity contribution in [2.24, 2.45) is 5.92 Å². The Labute approximate surface area is 205 Å². The van der Waals surface area contributed by atoms with E-state index in [4.69, 9.17) is 11.2 Å². The highest BCUT2D eigenvalue weighted by Gasteiger charge is 2.38. The van der Waals surface area contributed by atoms with E-state index in [9.17, 15) is 14.4 Å². The number of hydrogen-bond acceptors (Lipinski definition) is 4. The fourth-order valence-corrected chi connectivity index (χ4v) is 3.65. The van der Waals surface area contributed by atoms with E-state index in [2.05, 4.69) is 16.7 Å². The third-order valence-corrected chi connectivity index (χ3v) is 4.89. The van der Waals surface area contributed by atoms with Crippen LogP contribution in [0.4, 0.5) is 4.79 Å². The average Bonchev–Trinajstić information content (AvgIpc) is 2.63. The molecule has 0 aliphatic heterocycles. The zero-order valence-electron chi connectivity index (χ0n) is 22.3. The molecule has 188 valence electrons. The topological polar surface area (TPSA) is 87.7 Å². The summed E-state index contributed by atoms with van der Waals surface area (Å²) in [5, 5.41) is 5.62. The normalized spacial score (nSPS) is 13.5. The number of aryl methyl sites for hydroxylation is 2. The summed E-state index contributed by atoms with van der Waals surface area (Å²) >= 11 is 0. The molecule has 1 aromatic rings. The van der Waals surface area contributed by atoms with Crippen LogP contribution in [0.5, 0.6) is 0 Å². The van der Waals surface area contributed by atoms with Crippen LogP contribution in [0.3, 0.4) is 0 Å². The van der Waals surface area contributed by atoms with Crippen molar-refractivity contribution in [1.29, 1.82) is 0 Å². The van der Waals surface area contributed by atoms with Crippen LogP contribution < -0.4 is 10.6 Å². The number of carbonyl (C=O) groups excluding carboxylic acids is 3. The van der Waals surface area contributed by atoms with Crippen LogP contribution in [0.25, 0.3) is 0 Å². The Morgan fingerprint density at radius 2 is 1.59 bits per heavy atom. The van der Waals surface area contributed by atoms with E-state index in [0.29, 0.717) is 12.0 Å². The van der Waals surface area contributed by atoms with E-state index in [0.717, 1.165) is 16.0 Å². The molecular weight excluding hydrogens is 430 g/mol. The van der Waals surface area contributed by atoms with Crippen molar-refractivity contribution in [3.8, 4) is 12.5 Å². The van der Waals surface area contributed by atoms with Gasteiger partial charge in [-0.3, -0.25) is 14.5 Å². The molecule has 0 heterocycles. The van der Waals surface area contributed by atoms with Gasteiger partial charge in [0.2, 0.25) is 5.91 Å². The number of amides is 3. The smallest absolute Gasteiger partial charge is 0.408 e. The molecule has 0 fully saturated rings. The highest BCUT2D eigenvalue weighted by atomic mass is 16.6. The molecular formula is C27H41N3O4. The predicted octanol–water partition coefficient (Wildman–Crippen LogP) is 4.62. The lowest BCUT2D eigenvalue weighted by molar-refractivity contribution is -0.139. The molecule has 0 spiro atoms. The summed E-state index contributed by atoms with van der Waals surface area (Å²) in [5.74, 6) is -0.860. The third kappa shape index (κ3) is 8.74. The van der Waals surface area contributed by atoms with Gasteiger partial charge in [0.1, 0.15) is 17.7 Å². The maximum absolute atomic E-state index is 13.8. The number of alkyl carbamates (subject to hydrolysis) is 1. The number of hydrogen-bond donors (Lipinski definition) is 2. The zero-order chi connectivity index (χ0) is 26.4. The van der Waals surface area contributed by atoms with E-state index < -0.39 is 41.1 Å². The zero-order valence-corrected chi connectivity index (χ0v) is 22.3. The molecule has 0 aliphatic carbocycles. The van der Waals surface area contributed by atoms with E-state index in [-0.39, 0.29) is 5.92 Å². The Hall–Kier alpha value is -3.01. The molecule has 1 aromatic carbocycles. The SMILES string of the molecule is C#CN(C(=O)C(CC(C)C)NC(=O)OC(C)(C)C)C(C(=O)NC(C)(C)C)c1c(C)cccc1C. The second kappa shape index (κ2) is 11.4. The number of nitrogens with one attached hydrogen (secondary N) is 2. The summed E-state index contributed by atoms with van der Waals surface area (Å²) in [6, 6.07) is 6.05. The Bertz CT molecular complexity index is 912. The minimum absolute atomic E-state index is 0.0746. The first kappa shape index (κ1) is 29.0. The Kier molecular flexibility index (Phi) is 9.74. The number of ether oxygens (including phenoxy) is 1. The van der Waals surface area contributed by atoms with Crippen molar-refractivity contribution < 1.29 is 19.1 Å². The van der Waals surface area contributed by atoms with Crippen LogP contribution in [0.2, 0.25) is 0 Å². The van der Waals surface area contributed by atoms with Gasteiger partial charge in [0.15, 0.2) is 0 Å². The lowest BCUT2D eigenvalue weighted by Crippen LogP contribution is -2.53. The molecule has 2 atom stereocenters. The van der Waals surface area contributed by atoms with Crippen LogP contribution in [0, 0.1) is 32.2 Å². The molecule has 7 heteroatoms. The fraction of sp³-hybridized carbons (Fsp3) is 0.593. The van der Waals surface area contributed by atoms with Crippen LogP contribution in [-0.4, -0.2) is 40.0 Å². The van der Waals surface area contributed by atoms with E-state index in [1.54, 1.807) is 20.8 Å². The fourth-order valence-electron chi connectivity index (χ4n) is 3.65. The Balaban J connectivity index is 3.51. The van der Waals surface area contributed by atoms with Gasteiger partial charge in [-0.25, -0.2) is 4.79 Å². The summed E-state index contributed by atoms with van der Waals surface area (Å²) in [4.78, 5) is 40.9. The first-order valence-electron chi connectivity index (χ1n) is 11.6. The standard InChI is InChI=1S/C27H41N3O4/c1-12-30(24(32)20(16-17(2)3)28-25(33)34-27(9,10)11)22(23(31)29-26(6,7)8)21-18(4)14-13-15-19(21)5/h1,13-15,17,20,22H,16H2,2-11H3,(H,28,33)(H,29,31). The summed E-state index contributed by atoms with van der Waals surface area (Å²) in [6.45, 7) is 18.4. The number of carbonyl (C=O) groups is 3. The maximum Gasteiger partial charge on any atom is 0.408 e. The highest BCUT2D eigenvalue weighted by molar-refractivity contribution is 5.94. The molecule has 0 saturated heterocycles. The van der Waals surface area contributed by atoms with Gasteiger partial charge >= 0.3 is 6.09 Å². The molecule has 7 nitrogen and oxygen atoms in total. The summed E-state index contributed by atoms with van der Waals surface area (Å²) in [5.41, 5.74) is 1.07. The summed E-state index contributed by atoms with van der Waals surface area (Å²) in [7, 11) is 0. The molecule has 0 saturated carbocycles. The molecule has 3 amide bonds. The van der Waals surface area contributed by atoms with Crippen LogP contribution in [0.1, 0.15) is 84.5 Å². The first-order valence-corrected chi connectivity index (χ1v) is 11.6. The van der Waals surface area contributed by atoms with Gasteiger partial charge in [0.25, 0.3) is 5.91 Å². The third-order valence-electron chi connectivity index (χ3n) is 4.89. The highest BCUT2D eigenvalue weighted by Crippen LogP contribution is 2.29. The monoisotopic (exact) mass is 471 g/mol. The van der Waals surface area contributed by atoms with Gasteiger partial charge in [-0.2, -0.15) is 0 Å². The minimum Gasteiger partial charge on any atom is -0.444 e. The van der Waals surface area contributed by atoms with Gasteiger partial charge in [0.05, 0.1) is 0 Å². The van der Waals surface area contributed by atoms with Gasteiger partial charge in [-0.1, -0.05) is 38.5 Å². The van der Waals surface area contributed by atoms with Crippen molar-refractivity contribution >= 4 is 17.9 Å². The molecule has 34 heavy (non-hydrogen) atoms. The number of benzene rings is 1. The van der Waals surface area contributed by atoms with Crippen LogP contribution in [0.15, 0.2) is 18.2 Å².